The van der Waals surface area contributed by atoms with Crippen LogP contribution in [-0.2, 0) is 11.8 Å². The van der Waals surface area contributed by atoms with Gasteiger partial charge in [0.25, 0.3) is 0 Å². The first kappa shape index (κ1) is 14.6. The van der Waals surface area contributed by atoms with Crippen LogP contribution in [0.4, 0.5) is 5.69 Å². The number of hydrogen-bond donors (Lipinski definition) is 1. The highest BCUT2D eigenvalue weighted by Crippen LogP contribution is 2.29. The van der Waals surface area contributed by atoms with Gasteiger partial charge < -0.3 is 10.1 Å². The zero-order chi connectivity index (χ0) is 15.9. The standard InChI is InChI=1S/C19H23N3/c1-5-16-18(21-17-11-10-15(20)12-22(16)17)13-6-8-14(9-7-13)19(2,3)4/h6-12H,5,20H2,1-4H3. The van der Waals surface area contributed by atoms with E-state index in [-0.39, 0.29) is 5.41 Å². The van der Waals surface area contributed by atoms with Crippen molar-refractivity contribution in [1.82, 2.24) is 9.38 Å². The number of aromatic nitrogens is 2. The van der Waals surface area contributed by atoms with Gasteiger partial charge in [0.1, 0.15) is 5.65 Å². The monoisotopic (exact) mass is 293 g/mol. The zero-order valence-corrected chi connectivity index (χ0v) is 13.7. The predicted octanol–water partition coefficient (Wildman–Crippen LogP) is 4.44. The molecule has 3 aromatic rings. The quantitative estimate of drug-likeness (QED) is 0.759. The molecule has 22 heavy (non-hydrogen) atoms. The van der Waals surface area contributed by atoms with E-state index in [9.17, 15) is 0 Å². The molecule has 2 N–H and O–H groups in total. The lowest BCUT2D eigenvalue weighted by Crippen LogP contribution is -2.10. The summed E-state index contributed by atoms with van der Waals surface area (Å²) < 4.78 is 2.10. The van der Waals surface area contributed by atoms with E-state index in [0.29, 0.717) is 0 Å². The number of pyridine rings is 1. The van der Waals surface area contributed by atoms with Crippen LogP contribution < -0.4 is 5.73 Å². The van der Waals surface area contributed by atoms with Crippen LogP contribution in [0.1, 0.15) is 39.0 Å². The molecule has 0 saturated heterocycles. The van der Waals surface area contributed by atoms with Crippen LogP contribution in [0.5, 0.6) is 0 Å². The minimum atomic E-state index is 0.166. The highest BCUT2D eigenvalue weighted by molar-refractivity contribution is 5.68. The fourth-order valence-electron chi connectivity index (χ4n) is 2.81. The van der Waals surface area contributed by atoms with Crippen molar-refractivity contribution in [2.45, 2.75) is 39.5 Å². The van der Waals surface area contributed by atoms with Crippen molar-refractivity contribution in [1.29, 1.82) is 0 Å². The number of benzene rings is 1. The molecule has 2 aromatic heterocycles. The predicted molar refractivity (Wildman–Crippen MR) is 93.1 cm³/mol. The van der Waals surface area contributed by atoms with Gasteiger partial charge in [-0.05, 0) is 29.5 Å². The lowest BCUT2D eigenvalue weighted by atomic mass is 9.86. The minimum absolute atomic E-state index is 0.166. The summed E-state index contributed by atoms with van der Waals surface area (Å²) in [5, 5.41) is 0. The third-order valence-electron chi connectivity index (χ3n) is 4.10. The van der Waals surface area contributed by atoms with Gasteiger partial charge >= 0.3 is 0 Å². The van der Waals surface area contributed by atoms with Crippen LogP contribution in [0.15, 0.2) is 42.6 Å². The number of nitrogen functional groups attached to an aromatic ring is 1. The van der Waals surface area contributed by atoms with Gasteiger partial charge in [-0.3, -0.25) is 0 Å². The van der Waals surface area contributed by atoms with Crippen molar-refractivity contribution < 1.29 is 0 Å². The van der Waals surface area contributed by atoms with E-state index < -0.39 is 0 Å². The average Bonchev–Trinajstić information content (AvgIpc) is 2.84. The second kappa shape index (κ2) is 5.16. The van der Waals surface area contributed by atoms with Gasteiger partial charge in [0.2, 0.25) is 0 Å². The lowest BCUT2D eigenvalue weighted by Gasteiger charge is -2.19. The Bertz CT molecular complexity index is 805. The summed E-state index contributed by atoms with van der Waals surface area (Å²) in [4.78, 5) is 4.79. The molecule has 0 saturated carbocycles. The highest BCUT2D eigenvalue weighted by atomic mass is 15.0. The fraction of sp³-hybridized carbons (Fsp3) is 0.316. The smallest absolute Gasteiger partial charge is 0.137 e. The molecule has 1 aromatic carbocycles. The summed E-state index contributed by atoms with van der Waals surface area (Å²) in [7, 11) is 0. The molecule has 0 fully saturated rings. The molecule has 114 valence electrons. The van der Waals surface area contributed by atoms with Gasteiger partial charge in [-0.1, -0.05) is 52.0 Å². The molecule has 0 spiro atoms. The molecule has 0 aliphatic heterocycles. The number of nitrogens with two attached hydrogens (primary N) is 1. The molecular weight excluding hydrogens is 270 g/mol. The number of anilines is 1. The van der Waals surface area contributed by atoms with E-state index in [1.165, 1.54) is 11.3 Å². The first-order valence-electron chi connectivity index (χ1n) is 7.77. The Kier molecular flexibility index (Phi) is 3.44. The number of aryl methyl sites for hydroxylation is 1. The van der Waals surface area contributed by atoms with Crippen LogP contribution in [-0.4, -0.2) is 9.38 Å². The Hall–Kier alpha value is -2.29. The van der Waals surface area contributed by atoms with E-state index in [0.717, 1.165) is 29.0 Å². The Labute approximate surface area is 131 Å². The van der Waals surface area contributed by atoms with Crippen LogP contribution >= 0.6 is 0 Å². The van der Waals surface area contributed by atoms with Gasteiger partial charge in [0, 0.05) is 17.4 Å². The van der Waals surface area contributed by atoms with E-state index in [1.807, 2.05) is 18.3 Å². The maximum absolute atomic E-state index is 5.91. The summed E-state index contributed by atoms with van der Waals surface area (Å²) in [5.74, 6) is 0. The second-order valence-corrected chi connectivity index (χ2v) is 6.78. The van der Waals surface area contributed by atoms with Crippen molar-refractivity contribution in [2.75, 3.05) is 5.73 Å². The van der Waals surface area contributed by atoms with Crippen molar-refractivity contribution in [2.24, 2.45) is 0 Å². The summed E-state index contributed by atoms with van der Waals surface area (Å²) >= 11 is 0. The molecule has 0 unspecified atom stereocenters. The molecule has 2 heterocycles. The first-order valence-corrected chi connectivity index (χ1v) is 7.77. The van der Waals surface area contributed by atoms with Gasteiger partial charge in [-0.25, -0.2) is 4.98 Å². The normalized spacial score (nSPS) is 12.0. The number of nitrogens with zero attached hydrogens (tertiary/aromatic N) is 2. The molecule has 0 amide bonds. The van der Waals surface area contributed by atoms with Crippen molar-refractivity contribution in [3.63, 3.8) is 0 Å². The zero-order valence-electron chi connectivity index (χ0n) is 13.7. The molecule has 0 bridgehead atoms. The second-order valence-electron chi connectivity index (χ2n) is 6.78. The number of hydrogen-bond acceptors (Lipinski definition) is 2. The van der Waals surface area contributed by atoms with Crippen LogP contribution in [0, 0.1) is 0 Å². The first-order chi connectivity index (χ1) is 10.4. The Morgan fingerprint density at radius 2 is 1.73 bits per heavy atom. The van der Waals surface area contributed by atoms with Gasteiger partial charge in [-0.15, -0.1) is 0 Å². The summed E-state index contributed by atoms with van der Waals surface area (Å²) in [6.45, 7) is 8.84. The molecule has 3 rings (SSSR count). The van der Waals surface area contributed by atoms with Gasteiger partial charge in [0.15, 0.2) is 0 Å². The minimum Gasteiger partial charge on any atom is -0.398 e. The molecule has 0 aliphatic carbocycles. The number of fused-ring (bicyclic) bond motifs is 1. The molecule has 3 heteroatoms. The van der Waals surface area contributed by atoms with Crippen LogP contribution in [0.2, 0.25) is 0 Å². The number of imidazole rings is 1. The maximum atomic E-state index is 5.91. The van der Waals surface area contributed by atoms with Gasteiger partial charge in [0.05, 0.1) is 11.4 Å². The molecule has 0 radical (unpaired) electrons. The topological polar surface area (TPSA) is 43.3 Å². The van der Waals surface area contributed by atoms with Crippen LogP contribution in [0.3, 0.4) is 0 Å². The van der Waals surface area contributed by atoms with E-state index in [4.69, 9.17) is 10.7 Å². The average molecular weight is 293 g/mol. The Morgan fingerprint density at radius 3 is 2.32 bits per heavy atom. The number of rotatable bonds is 2. The Morgan fingerprint density at radius 1 is 1.05 bits per heavy atom. The van der Waals surface area contributed by atoms with Crippen molar-refractivity contribution in [3.8, 4) is 11.3 Å². The molecule has 3 nitrogen and oxygen atoms in total. The fourth-order valence-corrected chi connectivity index (χ4v) is 2.81. The lowest BCUT2D eigenvalue weighted by molar-refractivity contribution is 0.590. The van der Waals surface area contributed by atoms with Crippen molar-refractivity contribution >= 4 is 11.3 Å². The largest absolute Gasteiger partial charge is 0.398 e. The van der Waals surface area contributed by atoms with Crippen LogP contribution in [0.25, 0.3) is 16.9 Å². The SMILES string of the molecule is CCc1c(-c2ccc(C(C)(C)C)cc2)nc2ccc(N)cn12. The molecular formula is C19H23N3. The molecule has 0 aliphatic rings. The summed E-state index contributed by atoms with van der Waals surface area (Å²) in [6, 6.07) is 12.6. The summed E-state index contributed by atoms with van der Waals surface area (Å²) in [5.41, 5.74) is 12.5. The van der Waals surface area contributed by atoms with E-state index in [2.05, 4.69) is 56.4 Å². The highest BCUT2D eigenvalue weighted by Gasteiger charge is 2.16. The third-order valence-corrected chi connectivity index (χ3v) is 4.10. The van der Waals surface area contributed by atoms with E-state index in [1.54, 1.807) is 0 Å². The van der Waals surface area contributed by atoms with Gasteiger partial charge in [-0.2, -0.15) is 0 Å². The summed E-state index contributed by atoms with van der Waals surface area (Å²) in [6.07, 6.45) is 2.87. The molecule has 0 atom stereocenters. The third kappa shape index (κ3) is 2.47. The maximum Gasteiger partial charge on any atom is 0.137 e. The van der Waals surface area contributed by atoms with Crippen molar-refractivity contribution in [3.05, 3.63) is 53.9 Å². The Balaban J connectivity index is 2.13. The van der Waals surface area contributed by atoms with E-state index >= 15 is 0 Å².